The molecule has 1 aromatic heterocycles. The zero-order valence-corrected chi connectivity index (χ0v) is 16.0. The first kappa shape index (κ1) is 19.1. The fourth-order valence-corrected chi connectivity index (χ4v) is 2.67. The molecule has 0 saturated carbocycles. The zero-order chi connectivity index (χ0) is 20.6. The molecule has 0 saturated heterocycles. The van der Waals surface area contributed by atoms with E-state index in [9.17, 15) is 4.79 Å². The van der Waals surface area contributed by atoms with Gasteiger partial charge in [0.25, 0.3) is 5.91 Å². The minimum Gasteiger partial charge on any atom is -0.489 e. The molecule has 1 amide bonds. The maximum absolute atomic E-state index is 12.5. The van der Waals surface area contributed by atoms with Crippen molar-refractivity contribution in [3.05, 3.63) is 95.8 Å². The van der Waals surface area contributed by atoms with Crippen molar-refractivity contribution < 1.29 is 14.3 Å². The topological polar surface area (TPSA) is 102 Å². The van der Waals surface area contributed by atoms with E-state index in [1.807, 2.05) is 42.5 Å². The van der Waals surface area contributed by atoms with Crippen LogP contribution in [0.3, 0.4) is 0 Å². The Morgan fingerprint density at radius 2 is 1.50 bits per heavy atom. The summed E-state index contributed by atoms with van der Waals surface area (Å²) in [6.07, 6.45) is 0. The highest BCUT2D eigenvalue weighted by molar-refractivity contribution is 6.04. The van der Waals surface area contributed by atoms with Gasteiger partial charge in [-0.2, -0.15) is 5.21 Å². The summed E-state index contributed by atoms with van der Waals surface area (Å²) in [6.45, 7) is 0.689. The van der Waals surface area contributed by atoms with E-state index in [-0.39, 0.29) is 12.5 Å². The van der Waals surface area contributed by atoms with Crippen LogP contribution < -0.4 is 14.8 Å². The van der Waals surface area contributed by atoms with Crippen molar-refractivity contribution in [1.29, 1.82) is 0 Å². The molecule has 0 aliphatic heterocycles. The lowest BCUT2D eigenvalue weighted by Crippen LogP contribution is -2.11. The van der Waals surface area contributed by atoms with Crippen molar-refractivity contribution in [1.82, 2.24) is 20.6 Å². The van der Waals surface area contributed by atoms with Gasteiger partial charge in [0.1, 0.15) is 18.1 Å². The number of nitrogens with one attached hydrogen (secondary N) is 2. The smallest absolute Gasteiger partial charge is 0.255 e. The van der Waals surface area contributed by atoms with E-state index in [1.54, 1.807) is 36.4 Å². The van der Waals surface area contributed by atoms with Gasteiger partial charge in [-0.05, 0) is 54.1 Å². The van der Waals surface area contributed by atoms with Crippen molar-refractivity contribution >= 4 is 11.6 Å². The first-order valence-corrected chi connectivity index (χ1v) is 9.29. The number of aromatic nitrogens is 4. The molecule has 2 N–H and O–H groups in total. The molecule has 4 aromatic rings. The van der Waals surface area contributed by atoms with Crippen molar-refractivity contribution in [2.24, 2.45) is 0 Å². The maximum Gasteiger partial charge on any atom is 0.255 e. The van der Waals surface area contributed by atoms with E-state index in [2.05, 4.69) is 25.9 Å². The van der Waals surface area contributed by atoms with Crippen LogP contribution in [0, 0.1) is 0 Å². The molecule has 0 bridgehead atoms. The van der Waals surface area contributed by atoms with Gasteiger partial charge in [0.2, 0.25) is 5.82 Å². The van der Waals surface area contributed by atoms with Gasteiger partial charge >= 0.3 is 0 Å². The van der Waals surface area contributed by atoms with Crippen LogP contribution in [-0.2, 0) is 13.2 Å². The lowest BCUT2D eigenvalue weighted by Gasteiger charge is -2.09. The highest BCUT2D eigenvalue weighted by Gasteiger charge is 2.07. The number of nitrogens with zero attached hydrogens (tertiary/aromatic N) is 3. The Morgan fingerprint density at radius 3 is 2.17 bits per heavy atom. The molecule has 0 fully saturated rings. The van der Waals surface area contributed by atoms with Crippen molar-refractivity contribution in [3.8, 4) is 11.5 Å². The van der Waals surface area contributed by atoms with Gasteiger partial charge in [-0.25, -0.2) is 0 Å². The molecule has 0 atom stereocenters. The van der Waals surface area contributed by atoms with E-state index in [1.165, 1.54) is 0 Å². The second kappa shape index (κ2) is 9.33. The van der Waals surface area contributed by atoms with Crippen LogP contribution in [0.2, 0.25) is 0 Å². The number of carbonyl (C=O) groups excluding carboxylic acids is 1. The molecule has 0 aliphatic rings. The fourth-order valence-electron chi connectivity index (χ4n) is 2.67. The summed E-state index contributed by atoms with van der Waals surface area (Å²) in [5, 5.41) is 16.3. The molecule has 8 heteroatoms. The Morgan fingerprint density at radius 1 is 0.833 bits per heavy atom. The summed E-state index contributed by atoms with van der Waals surface area (Å²) in [6, 6.07) is 24.0. The Balaban J connectivity index is 1.28. The van der Waals surface area contributed by atoms with Crippen LogP contribution in [0.4, 0.5) is 5.69 Å². The van der Waals surface area contributed by atoms with Gasteiger partial charge in [-0.1, -0.05) is 35.5 Å². The van der Waals surface area contributed by atoms with Crippen LogP contribution in [0.1, 0.15) is 21.7 Å². The summed E-state index contributed by atoms with van der Waals surface area (Å²) in [5.74, 6) is 1.59. The van der Waals surface area contributed by atoms with Gasteiger partial charge in [-0.3, -0.25) is 4.79 Å². The molecule has 4 rings (SSSR count). The molecular weight excluding hydrogens is 382 g/mol. The number of amides is 1. The Hall–Kier alpha value is -4.20. The third kappa shape index (κ3) is 5.20. The average Bonchev–Trinajstić information content (AvgIpc) is 3.32. The van der Waals surface area contributed by atoms with E-state index < -0.39 is 0 Å². The number of hydrogen-bond acceptors (Lipinski definition) is 6. The van der Waals surface area contributed by atoms with Gasteiger partial charge in [0.15, 0.2) is 6.61 Å². The summed E-state index contributed by atoms with van der Waals surface area (Å²) >= 11 is 0. The molecule has 0 spiro atoms. The molecule has 8 nitrogen and oxygen atoms in total. The van der Waals surface area contributed by atoms with Crippen molar-refractivity contribution in [2.75, 3.05) is 5.32 Å². The summed E-state index contributed by atoms with van der Waals surface area (Å²) < 4.78 is 11.3. The zero-order valence-electron chi connectivity index (χ0n) is 16.0. The number of tetrazole rings is 1. The molecule has 0 aliphatic carbocycles. The molecule has 0 radical (unpaired) electrons. The maximum atomic E-state index is 12.5. The lowest BCUT2D eigenvalue weighted by molar-refractivity contribution is 0.102. The average molecular weight is 401 g/mol. The molecule has 0 unspecified atom stereocenters. The summed E-state index contributed by atoms with van der Waals surface area (Å²) in [5.41, 5.74) is 2.30. The SMILES string of the molecule is O=C(Nc1ccc(OCc2ccccc2)cc1)c1ccc(OCc2nn[nH]n2)cc1. The number of rotatable bonds is 8. The molecular formula is C22H19N5O3. The summed E-state index contributed by atoms with van der Waals surface area (Å²) in [4.78, 5) is 12.5. The van der Waals surface area contributed by atoms with Crippen molar-refractivity contribution in [3.63, 3.8) is 0 Å². The standard InChI is InChI=1S/C22H19N5O3/c28-22(17-6-10-19(11-7-17)30-15-21-24-26-27-25-21)23-18-8-12-20(13-9-18)29-14-16-4-2-1-3-5-16/h1-13H,14-15H2,(H,23,28)(H,24,25,26,27). The van der Waals surface area contributed by atoms with Crippen LogP contribution >= 0.6 is 0 Å². The Bertz CT molecular complexity index is 1070. The van der Waals surface area contributed by atoms with Crippen LogP contribution in [0.25, 0.3) is 0 Å². The fraction of sp³-hybridized carbons (Fsp3) is 0.0909. The van der Waals surface area contributed by atoms with E-state index in [0.29, 0.717) is 29.4 Å². The third-order valence-corrected chi connectivity index (χ3v) is 4.23. The summed E-state index contributed by atoms with van der Waals surface area (Å²) in [7, 11) is 0. The molecule has 3 aromatic carbocycles. The minimum atomic E-state index is -0.210. The normalized spacial score (nSPS) is 10.4. The number of anilines is 1. The second-order valence-corrected chi connectivity index (χ2v) is 6.39. The predicted octanol–water partition coefficient (Wildman–Crippen LogP) is 3.61. The monoisotopic (exact) mass is 401 g/mol. The lowest BCUT2D eigenvalue weighted by atomic mass is 10.2. The third-order valence-electron chi connectivity index (χ3n) is 4.23. The number of benzene rings is 3. The molecule has 1 heterocycles. The number of hydrogen-bond donors (Lipinski definition) is 2. The minimum absolute atomic E-state index is 0.195. The highest BCUT2D eigenvalue weighted by Crippen LogP contribution is 2.19. The van der Waals surface area contributed by atoms with Gasteiger partial charge < -0.3 is 14.8 Å². The molecule has 150 valence electrons. The number of H-pyrrole nitrogens is 1. The van der Waals surface area contributed by atoms with E-state index in [0.717, 1.165) is 11.3 Å². The van der Waals surface area contributed by atoms with Gasteiger partial charge in [-0.15, -0.1) is 10.2 Å². The first-order chi connectivity index (χ1) is 14.8. The van der Waals surface area contributed by atoms with Gasteiger partial charge in [0, 0.05) is 11.3 Å². The predicted molar refractivity (Wildman–Crippen MR) is 110 cm³/mol. The first-order valence-electron chi connectivity index (χ1n) is 9.29. The van der Waals surface area contributed by atoms with Crippen molar-refractivity contribution in [2.45, 2.75) is 13.2 Å². The van der Waals surface area contributed by atoms with E-state index >= 15 is 0 Å². The van der Waals surface area contributed by atoms with Crippen LogP contribution in [-0.4, -0.2) is 26.5 Å². The highest BCUT2D eigenvalue weighted by atomic mass is 16.5. The largest absolute Gasteiger partial charge is 0.489 e. The van der Waals surface area contributed by atoms with Crippen LogP contribution in [0.5, 0.6) is 11.5 Å². The number of aromatic amines is 1. The van der Waals surface area contributed by atoms with E-state index in [4.69, 9.17) is 9.47 Å². The number of ether oxygens (including phenoxy) is 2. The Labute approximate surface area is 172 Å². The quantitative estimate of drug-likeness (QED) is 0.468. The van der Waals surface area contributed by atoms with Gasteiger partial charge in [0.05, 0.1) is 0 Å². The molecule has 30 heavy (non-hydrogen) atoms. The Kier molecular flexibility index (Phi) is 5.95. The number of carbonyl (C=O) groups is 1. The van der Waals surface area contributed by atoms with Crippen LogP contribution in [0.15, 0.2) is 78.9 Å². The second-order valence-electron chi connectivity index (χ2n) is 6.39.